The van der Waals surface area contributed by atoms with E-state index in [4.69, 9.17) is 14.2 Å². The molecule has 10 unspecified atom stereocenters. The molecule has 0 spiro atoms. The molecule has 4 aliphatic rings. The Balaban J connectivity index is 1.40. The number of carbonyl (C=O) groups is 3. The third kappa shape index (κ3) is 5.34. The first-order valence-electron chi connectivity index (χ1n) is 13.4. The van der Waals surface area contributed by atoms with E-state index in [1.807, 2.05) is 6.92 Å². The molecule has 4 fully saturated rings. The maximum absolute atomic E-state index is 13.3. The number of thiol groups is 1. The first-order valence-corrected chi connectivity index (χ1v) is 13.9. The van der Waals surface area contributed by atoms with Gasteiger partial charge in [0.15, 0.2) is 0 Å². The van der Waals surface area contributed by atoms with E-state index in [0.29, 0.717) is 31.6 Å². The molecule has 9 nitrogen and oxygen atoms in total. The van der Waals surface area contributed by atoms with E-state index in [-0.39, 0.29) is 30.6 Å². The number of hydrogen-bond donors (Lipinski definition) is 3. The molecule has 4 rings (SSSR count). The summed E-state index contributed by atoms with van der Waals surface area (Å²) in [5, 5.41) is 21.3. The van der Waals surface area contributed by atoms with Gasteiger partial charge in [0.2, 0.25) is 5.79 Å². The normalized spacial score (nSPS) is 41.9. The Kier molecular flexibility index (Phi) is 8.71. The van der Waals surface area contributed by atoms with Crippen LogP contribution in [-0.2, 0) is 28.6 Å². The molecular weight excluding hydrogens is 486 g/mol. The van der Waals surface area contributed by atoms with Crippen LogP contribution in [0.3, 0.4) is 0 Å². The second-order valence-corrected chi connectivity index (χ2v) is 11.8. The van der Waals surface area contributed by atoms with Crippen LogP contribution in [0.1, 0.15) is 71.6 Å². The highest BCUT2D eigenvalue weighted by Crippen LogP contribution is 2.47. The van der Waals surface area contributed by atoms with Crippen molar-refractivity contribution in [3.05, 3.63) is 0 Å². The number of esters is 1. The van der Waals surface area contributed by atoms with E-state index in [0.717, 1.165) is 32.1 Å². The number of Topliss-reactive ketones (excluding diaryl/α,β-unsaturated/α-hetero) is 1. The fourth-order valence-corrected chi connectivity index (χ4v) is 7.10. The first-order chi connectivity index (χ1) is 17.1. The number of fused-ring (bicyclic) bond motifs is 1. The number of rotatable bonds is 6. The van der Waals surface area contributed by atoms with Crippen LogP contribution in [0, 0.1) is 23.7 Å². The monoisotopic (exact) mass is 527 g/mol. The highest BCUT2D eigenvalue weighted by atomic mass is 32.1. The Morgan fingerprint density at radius 2 is 1.86 bits per heavy atom. The predicted molar refractivity (Wildman–Crippen MR) is 133 cm³/mol. The molecule has 0 aromatic carbocycles. The number of likely N-dealkylation sites (tertiary alicyclic amines) is 1. The molecular formula is C26H41NO8S. The summed E-state index contributed by atoms with van der Waals surface area (Å²) in [6, 6.07) is -0.871. The topological polar surface area (TPSA) is 123 Å². The zero-order valence-corrected chi connectivity index (χ0v) is 22.4. The van der Waals surface area contributed by atoms with Gasteiger partial charge in [0, 0.05) is 19.6 Å². The summed E-state index contributed by atoms with van der Waals surface area (Å²) in [6.07, 6.45) is 5.23. The molecule has 0 radical (unpaired) electrons. The lowest BCUT2D eigenvalue weighted by molar-refractivity contribution is -0.247. The smallest absolute Gasteiger partial charge is 0.329 e. The van der Waals surface area contributed by atoms with E-state index >= 15 is 0 Å². The lowest BCUT2D eigenvalue weighted by atomic mass is 9.78. The number of carbonyl (C=O) groups excluding carboxylic acids is 3. The fourth-order valence-electron chi connectivity index (χ4n) is 6.80. The van der Waals surface area contributed by atoms with Crippen LogP contribution >= 0.6 is 12.6 Å². The minimum Gasteiger partial charge on any atom is -0.461 e. The molecule has 2 aliphatic carbocycles. The summed E-state index contributed by atoms with van der Waals surface area (Å²) in [5.41, 5.74) is -0.639. The number of ketones is 1. The number of piperidine rings is 1. The van der Waals surface area contributed by atoms with Gasteiger partial charge in [-0.15, -0.1) is 12.6 Å². The van der Waals surface area contributed by atoms with Crippen molar-refractivity contribution >= 4 is 30.3 Å². The standard InChI is InChI=1S/C26H41NO8S/c1-14-7-10-21(36)35-26(14,32)23(29)24(30)27-11-5-4-6-19(27)25(31)34-15(2)17-12-16-8-9-20(28)22(33-3)18(16)13-17/h14-22,28,32,36H,4-13H2,1-3H3. The molecule has 0 bridgehead atoms. The average Bonchev–Trinajstić information content (AvgIpc) is 3.30. The number of nitrogens with zero attached hydrogens (tertiary/aromatic N) is 1. The predicted octanol–water partition coefficient (Wildman–Crippen LogP) is 2.07. The van der Waals surface area contributed by atoms with Crippen LogP contribution in [0.15, 0.2) is 0 Å². The van der Waals surface area contributed by atoms with Crippen LogP contribution < -0.4 is 0 Å². The van der Waals surface area contributed by atoms with E-state index in [1.54, 1.807) is 14.0 Å². The largest absolute Gasteiger partial charge is 0.461 e. The number of aliphatic hydroxyl groups is 2. The molecule has 2 heterocycles. The lowest BCUT2D eigenvalue weighted by Crippen LogP contribution is -2.60. The zero-order chi connectivity index (χ0) is 26.2. The van der Waals surface area contributed by atoms with E-state index in [1.165, 1.54) is 4.90 Å². The Hall–Kier alpha value is -1.20. The van der Waals surface area contributed by atoms with Crippen LogP contribution in [-0.4, -0.2) is 82.0 Å². The molecule has 36 heavy (non-hydrogen) atoms. The van der Waals surface area contributed by atoms with Crippen LogP contribution in [0.25, 0.3) is 0 Å². The molecule has 204 valence electrons. The lowest BCUT2D eigenvalue weighted by Gasteiger charge is -2.41. The number of methoxy groups -OCH3 is 1. The number of aliphatic hydroxyl groups excluding tert-OH is 1. The molecule has 10 heteroatoms. The van der Waals surface area contributed by atoms with Crippen molar-refractivity contribution < 1.29 is 38.8 Å². The van der Waals surface area contributed by atoms with Gasteiger partial charge in [-0.2, -0.15) is 0 Å². The van der Waals surface area contributed by atoms with Crippen molar-refractivity contribution in [3.63, 3.8) is 0 Å². The Morgan fingerprint density at radius 1 is 1.11 bits per heavy atom. The molecule has 2 saturated carbocycles. The second-order valence-electron chi connectivity index (χ2n) is 11.2. The summed E-state index contributed by atoms with van der Waals surface area (Å²) in [7, 11) is 1.63. The number of ether oxygens (including phenoxy) is 3. The van der Waals surface area contributed by atoms with Crippen molar-refractivity contribution in [1.82, 2.24) is 4.90 Å². The molecule has 2 N–H and O–H groups in total. The van der Waals surface area contributed by atoms with Crippen LogP contribution in [0.4, 0.5) is 0 Å². The van der Waals surface area contributed by atoms with Crippen molar-refractivity contribution in [2.75, 3.05) is 13.7 Å². The Morgan fingerprint density at radius 3 is 2.58 bits per heavy atom. The Labute approximate surface area is 218 Å². The first kappa shape index (κ1) is 27.8. The minimum absolute atomic E-state index is 0.144. The van der Waals surface area contributed by atoms with E-state index < -0.39 is 46.9 Å². The van der Waals surface area contributed by atoms with Crippen molar-refractivity contribution in [2.24, 2.45) is 23.7 Å². The summed E-state index contributed by atoms with van der Waals surface area (Å²) < 4.78 is 16.9. The quantitative estimate of drug-likeness (QED) is 0.273. The molecule has 2 aliphatic heterocycles. The third-order valence-corrected chi connectivity index (χ3v) is 9.41. The third-order valence-electron chi connectivity index (χ3n) is 9.04. The van der Waals surface area contributed by atoms with Gasteiger partial charge in [0.25, 0.3) is 11.7 Å². The number of amides is 1. The van der Waals surface area contributed by atoms with E-state index in [2.05, 4.69) is 12.6 Å². The van der Waals surface area contributed by atoms with Crippen molar-refractivity contribution in [2.45, 2.75) is 107 Å². The second kappa shape index (κ2) is 11.3. The number of hydrogen-bond acceptors (Lipinski definition) is 9. The molecule has 2 saturated heterocycles. The van der Waals surface area contributed by atoms with Gasteiger partial charge in [-0.3, -0.25) is 9.59 Å². The van der Waals surface area contributed by atoms with Crippen molar-refractivity contribution in [3.8, 4) is 0 Å². The SMILES string of the molecule is COC1C(O)CCC2CC(C(C)OC(=O)C3CCCCN3C(=O)C(=O)C3(O)OC(S)CCC3C)CC21. The van der Waals surface area contributed by atoms with Crippen LogP contribution in [0.5, 0.6) is 0 Å². The fraction of sp³-hybridized carbons (Fsp3) is 0.885. The van der Waals surface area contributed by atoms with Crippen molar-refractivity contribution in [1.29, 1.82) is 0 Å². The van der Waals surface area contributed by atoms with Gasteiger partial charge < -0.3 is 29.3 Å². The van der Waals surface area contributed by atoms with E-state index in [9.17, 15) is 24.6 Å². The summed E-state index contributed by atoms with van der Waals surface area (Å²) >= 11 is 4.23. The highest BCUT2D eigenvalue weighted by molar-refractivity contribution is 7.80. The summed E-state index contributed by atoms with van der Waals surface area (Å²) in [6.45, 7) is 3.79. The van der Waals surface area contributed by atoms with Crippen LogP contribution in [0.2, 0.25) is 0 Å². The summed E-state index contributed by atoms with van der Waals surface area (Å²) in [4.78, 5) is 40.9. The molecule has 0 aromatic heterocycles. The highest BCUT2D eigenvalue weighted by Gasteiger charge is 2.52. The maximum atomic E-state index is 13.3. The van der Waals surface area contributed by atoms with Gasteiger partial charge in [-0.05, 0) is 82.5 Å². The zero-order valence-electron chi connectivity index (χ0n) is 21.5. The molecule has 0 aromatic rings. The van der Waals surface area contributed by atoms with Gasteiger partial charge in [0.05, 0.1) is 12.2 Å². The minimum atomic E-state index is -2.25. The van der Waals surface area contributed by atoms with Gasteiger partial charge in [-0.1, -0.05) is 6.92 Å². The summed E-state index contributed by atoms with van der Waals surface area (Å²) in [5.74, 6) is -4.47. The maximum Gasteiger partial charge on any atom is 0.329 e. The van der Waals surface area contributed by atoms with Gasteiger partial charge in [-0.25, -0.2) is 4.79 Å². The average molecular weight is 528 g/mol. The van der Waals surface area contributed by atoms with Gasteiger partial charge in [0.1, 0.15) is 17.6 Å². The Bertz CT molecular complexity index is 841. The van der Waals surface area contributed by atoms with Gasteiger partial charge >= 0.3 is 5.97 Å². The molecule has 10 atom stereocenters. The molecule has 1 amide bonds.